The van der Waals surface area contributed by atoms with Gasteiger partial charge in [0.05, 0.1) is 22.3 Å². The normalized spacial score (nSPS) is 26.9. The number of hydrogen-bond donors (Lipinski definition) is 1. The fourth-order valence-electron chi connectivity index (χ4n) is 5.27. The number of oxime groups is 1. The van der Waals surface area contributed by atoms with E-state index >= 15 is 0 Å². The van der Waals surface area contributed by atoms with Crippen LogP contribution in [0.1, 0.15) is 56.0 Å². The van der Waals surface area contributed by atoms with E-state index in [1.165, 1.54) is 12.1 Å². The van der Waals surface area contributed by atoms with Gasteiger partial charge in [0, 0.05) is 17.5 Å². The Morgan fingerprint density at radius 2 is 1.70 bits per heavy atom. The van der Waals surface area contributed by atoms with Crippen molar-refractivity contribution in [3.8, 4) is 0 Å². The van der Waals surface area contributed by atoms with E-state index in [1.54, 1.807) is 30.3 Å². The minimum absolute atomic E-state index is 0.0921. The molecule has 0 radical (unpaired) electrons. The van der Waals surface area contributed by atoms with Crippen LogP contribution in [0.5, 0.6) is 0 Å². The van der Waals surface area contributed by atoms with Gasteiger partial charge in [-0.15, -0.1) is 0 Å². The molecular formula is C25H25F3N2O3. The van der Waals surface area contributed by atoms with Crippen molar-refractivity contribution in [2.24, 2.45) is 21.4 Å². The monoisotopic (exact) mass is 458 g/mol. The summed E-state index contributed by atoms with van der Waals surface area (Å²) in [6.07, 6.45) is -3.02. The molecule has 0 aliphatic heterocycles. The van der Waals surface area contributed by atoms with E-state index in [-0.39, 0.29) is 18.0 Å². The first-order valence-corrected chi connectivity index (χ1v) is 10.7. The second-order valence-corrected chi connectivity index (χ2v) is 9.53. The lowest BCUT2D eigenvalue weighted by molar-refractivity contribution is -0.137. The van der Waals surface area contributed by atoms with Crippen molar-refractivity contribution in [1.82, 2.24) is 0 Å². The van der Waals surface area contributed by atoms with Gasteiger partial charge < -0.3 is 10.2 Å². The first-order chi connectivity index (χ1) is 15.4. The number of nitrogens with zero attached hydrogens (tertiary/aromatic N) is 1. The lowest BCUT2D eigenvalue weighted by atomic mass is 9.64. The standard InChI is InChI=1S/C25H25F3N2O3/c1-22(2)23(3)12-13-24(22,15-19(23)30-33-20(31)16-8-5-4-6-9-16)21(32)29-18-11-7-10-17(14-18)25(26,27)28/h4-11,14H,12-13,15H2,1-3H3,(H,29,32). The number of rotatable bonds is 4. The van der Waals surface area contributed by atoms with Gasteiger partial charge in [0.25, 0.3) is 0 Å². The highest BCUT2D eigenvalue weighted by Gasteiger charge is 2.71. The molecular weight excluding hydrogens is 433 g/mol. The van der Waals surface area contributed by atoms with Crippen LogP contribution in [-0.2, 0) is 15.8 Å². The first kappa shape index (κ1) is 23.0. The van der Waals surface area contributed by atoms with Crippen molar-refractivity contribution in [2.75, 3.05) is 5.32 Å². The number of nitrogens with one attached hydrogen (secondary N) is 1. The van der Waals surface area contributed by atoms with E-state index in [0.717, 1.165) is 12.1 Å². The molecule has 5 nitrogen and oxygen atoms in total. The number of anilines is 1. The number of hydrogen-bond acceptors (Lipinski definition) is 4. The summed E-state index contributed by atoms with van der Waals surface area (Å²) >= 11 is 0. The predicted octanol–water partition coefficient (Wildman–Crippen LogP) is 6.07. The van der Waals surface area contributed by atoms with Crippen LogP contribution >= 0.6 is 0 Å². The summed E-state index contributed by atoms with van der Waals surface area (Å²) in [5.41, 5.74) is -1.68. The van der Waals surface area contributed by atoms with E-state index < -0.39 is 34.0 Å². The zero-order valence-corrected chi connectivity index (χ0v) is 18.6. The molecule has 174 valence electrons. The van der Waals surface area contributed by atoms with Crippen molar-refractivity contribution in [3.63, 3.8) is 0 Å². The van der Waals surface area contributed by atoms with Gasteiger partial charge in [-0.25, -0.2) is 4.79 Å². The van der Waals surface area contributed by atoms with Gasteiger partial charge in [-0.1, -0.05) is 50.2 Å². The fourth-order valence-corrected chi connectivity index (χ4v) is 5.27. The van der Waals surface area contributed by atoms with Crippen LogP contribution in [0, 0.1) is 16.2 Å². The molecule has 0 aromatic heterocycles. The Bertz CT molecular complexity index is 1130. The third-order valence-electron chi connectivity index (χ3n) is 7.86. The van der Waals surface area contributed by atoms with E-state index in [4.69, 9.17) is 4.84 Å². The summed E-state index contributed by atoms with van der Waals surface area (Å²) in [7, 11) is 0. The average molecular weight is 458 g/mol. The Balaban J connectivity index is 1.59. The Morgan fingerprint density at radius 1 is 1.00 bits per heavy atom. The van der Waals surface area contributed by atoms with E-state index in [9.17, 15) is 22.8 Å². The summed E-state index contributed by atoms with van der Waals surface area (Å²) in [5.74, 6) is -0.940. The zero-order valence-electron chi connectivity index (χ0n) is 18.6. The average Bonchev–Trinajstić information content (AvgIpc) is 3.08. The molecule has 0 heterocycles. The highest BCUT2D eigenvalue weighted by molar-refractivity contribution is 6.06. The number of carbonyl (C=O) groups is 2. The molecule has 2 aliphatic rings. The Labute approximate surface area is 190 Å². The molecule has 0 spiro atoms. The van der Waals surface area contributed by atoms with Gasteiger partial charge in [-0.05, 0) is 48.6 Å². The van der Waals surface area contributed by atoms with Crippen LogP contribution in [0.15, 0.2) is 59.8 Å². The quantitative estimate of drug-likeness (QED) is 0.446. The van der Waals surface area contributed by atoms with Gasteiger partial charge in [-0.2, -0.15) is 13.2 Å². The maximum Gasteiger partial charge on any atom is 0.416 e. The number of benzene rings is 2. The van der Waals surface area contributed by atoms with Gasteiger partial charge >= 0.3 is 12.1 Å². The van der Waals surface area contributed by atoms with Crippen LogP contribution in [0.4, 0.5) is 18.9 Å². The van der Waals surface area contributed by atoms with Crippen molar-refractivity contribution in [2.45, 2.75) is 46.2 Å². The molecule has 2 aromatic carbocycles. The topological polar surface area (TPSA) is 67.8 Å². The summed E-state index contributed by atoms with van der Waals surface area (Å²) in [4.78, 5) is 31.0. The van der Waals surface area contributed by atoms with Crippen molar-refractivity contribution in [3.05, 3.63) is 65.7 Å². The highest BCUT2D eigenvalue weighted by atomic mass is 19.4. The predicted molar refractivity (Wildman–Crippen MR) is 118 cm³/mol. The Hall–Kier alpha value is -3.16. The first-order valence-electron chi connectivity index (χ1n) is 10.7. The van der Waals surface area contributed by atoms with Gasteiger partial charge in [0.2, 0.25) is 5.91 Å². The number of halogens is 3. The largest absolute Gasteiger partial charge is 0.416 e. The second kappa shape index (κ2) is 7.71. The molecule has 1 amide bonds. The number of amides is 1. The van der Waals surface area contributed by atoms with Crippen LogP contribution in [0.3, 0.4) is 0 Å². The molecule has 2 aromatic rings. The third-order valence-corrected chi connectivity index (χ3v) is 7.86. The molecule has 4 rings (SSSR count). The van der Waals surface area contributed by atoms with E-state index in [0.29, 0.717) is 24.1 Å². The molecule has 2 saturated carbocycles. The van der Waals surface area contributed by atoms with Crippen molar-refractivity contribution >= 4 is 23.3 Å². The number of fused-ring (bicyclic) bond motifs is 2. The van der Waals surface area contributed by atoms with Gasteiger partial charge in [0.1, 0.15) is 0 Å². The number of alkyl halides is 3. The Kier molecular flexibility index (Phi) is 5.38. The highest BCUT2D eigenvalue weighted by Crippen LogP contribution is 2.71. The maximum absolute atomic E-state index is 13.5. The molecule has 2 unspecified atom stereocenters. The summed E-state index contributed by atoms with van der Waals surface area (Å²) in [6.45, 7) is 5.93. The lowest BCUT2D eigenvalue weighted by Gasteiger charge is -2.39. The molecule has 2 fully saturated rings. The molecule has 1 N–H and O–H groups in total. The molecule has 2 bridgehead atoms. The van der Waals surface area contributed by atoms with Crippen LogP contribution in [-0.4, -0.2) is 17.6 Å². The minimum atomic E-state index is -4.50. The second-order valence-electron chi connectivity index (χ2n) is 9.53. The lowest BCUT2D eigenvalue weighted by Crippen LogP contribution is -2.43. The minimum Gasteiger partial charge on any atom is -0.326 e. The fraction of sp³-hybridized carbons (Fsp3) is 0.400. The maximum atomic E-state index is 13.5. The zero-order chi connectivity index (χ0) is 24.1. The summed E-state index contributed by atoms with van der Waals surface area (Å²) in [6, 6.07) is 13.1. The molecule has 33 heavy (non-hydrogen) atoms. The smallest absolute Gasteiger partial charge is 0.326 e. The van der Waals surface area contributed by atoms with Crippen molar-refractivity contribution < 1.29 is 27.6 Å². The molecule has 2 atom stereocenters. The van der Waals surface area contributed by atoms with Crippen LogP contribution in [0.2, 0.25) is 0 Å². The van der Waals surface area contributed by atoms with Crippen molar-refractivity contribution in [1.29, 1.82) is 0 Å². The Morgan fingerprint density at radius 3 is 2.36 bits per heavy atom. The number of carbonyl (C=O) groups excluding carboxylic acids is 2. The van der Waals surface area contributed by atoms with Crippen LogP contribution < -0.4 is 5.32 Å². The molecule has 2 aliphatic carbocycles. The van der Waals surface area contributed by atoms with Crippen LogP contribution in [0.25, 0.3) is 0 Å². The summed E-state index contributed by atoms with van der Waals surface area (Å²) < 4.78 is 39.2. The SMILES string of the molecule is CC12CCC(C(=O)Nc3cccc(C(F)(F)F)c3)(CC1=NOC(=O)c1ccccc1)C2(C)C. The molecule has 8 heteroatoms. The third kappa shape index (κ3) is 3.61. The van der Waals surface area contributed by atoms with Gasteiger partial charge in [0.15, 0.2) is 0 Å². The van der Waals surface area contributed by atoms with E-state index in [1.807, 2.05) is 20.8 Å². The molecule has 0 saturated heterocycles. The summed E-state index contributed by atoms with van der Waals surface area (Å²) in [5, 5.41) is 6.87. The van der Waals surface area contributed by atoms with Gasteiger partial charge in [-0.3, -0.25) is 4.79 Å². The van der Waals surface area contributed by atoms with E-state index in [2.05, 4.69) is 10.5 Å².